The Hall–Kier alpha value is -3.53. The zero-order chi connectivity index (χ0) is 21.2. The van der Waals surface area contributed by atoms with Gasteiger partial charge in [0.15, 0.2) is 0 Å². The Morgan fingerprint density at radius 2 is 2.06 bits per heavy atom. The summed E-state index contributed by atoms with van der Waals surface area (Å²) in [6.45, 7) is 2.29. The molecule has 1 atom stereocenters. The average molecular weight is 422 g/mol. The van der Waals surface area contributed by atoms with Gasteiger partial charge in [-0.2, -0.15) is 0 Å². The maximum atomic E-state index is 13.0. The van der Waals surface area contributed by atoms with E-state index >= 15 is 0 Å². The van der Waals surface area contributed by atoms with Gasteiger partial charge < -0.3 is 19.4 Å². The third-order valence-corrected chi connectivity index (χ3v) is 5.49. The molecule has 10 nitrogen and oxygen atoms in total. The summed E-state index contributed by atoms with van der Waals surface area (Å²) in [7, 11) is 0. The van der Waals surface area contributed by atoms with Crippen LogP contribution < -0.4 is 9.74 Å². The first-order valence-electron chi connectivity index (χ1n) is 10.3. The number of morpholine rings is 1. The van der Waals surface area contributed by atoms with Crippen molar-refractivity contribution in [1.82, 2.24) is 25.0 Å². The van der Waals surface area contributed by atoms with Crippen LogP contribution in [-0.2, 0) is 9.53 Å². The zero-order valence-electron chi connectivity index (χ0n) is 16.9. The van der Waals surface area contributed by atoms with Crippen molar-refractivity contribution in [2.45, 2.75) is 18.9 Å². The molecule has 2 saturated heterocycles. The van der Waals surface area contributed by atoms with Gasteiger partial charge in [-0.05, 0) is 48.0 Å². The normalized spacial score (nSPS) is 19.2. The predicted molar refractivity (Wildman–Crippen MR) is 110 cm³/mol. The van der Waals surface area contributed by atoms with Gasteiger partial charge in [-0.15, -0.1) is 5.10 Å². The highest BCUT2D eigenvalue weighted by atomic mass is 16.7. The summed E-state index contributed by atoms with van der Waals surface area (Å²) >= 11 is 0. The third kappa shape index (κ3) is 3.93. The number of ether oxygens (including phenoxy) is 1. The molecule has 0 saturated carbocycles. The summed E-state index contributed by atoms with van der Waals surface area (Å²) in [5, 5.41) is 7.95. The van der Waals surface area contributed by atoms with Crippen molar-refractivity contribution < 1.29 is 19.2 Å². The molecule has 0 N–H and O–H groups in total. The van der Waals surface area contributed by atoms with Crippen LogP contribution in [0.1, 0.15) is 23.2 Å². The molecule has 2 aliphatic heterocycles. The Balaban J connectivity index is 1.20. The van der Waals surface area contributed by atoms with Crippen molar-refractivity contribution >= 4 is 28.7 Å². The zero-order valence-corrected chi connectivity index (χ0v) is 16.9. The Morgan fingerprint density at radius 3 is 2.87 bits per heavy atom. The van der Waals surface area contributed by atoms with Crippen LogP contribution in [0.5, 0.6) is 0 Å². The maximum Gasteiger partial charge on any atom is 0.254 e. The lowest BCUT2D eigenvalue weighted by Crippen LogP contribution is -2.48. The van der Waals surface area contributed by atoms with Crippen LogP contribution >= 0.6 is 0 Å². The number of fused-ring (bicyclic) bond motifs is 1. The molecule has 0 bridgehead atoms. The van der Waals surface area contributed by atoms with Gasteiger partial charge in [-0.3, -0.25) is 9.59 Å². The number of hydrogen-bond donors (Lipinski definition) is 0. The number of benzene rings is 1. The van der Waals surface area contributed by atoms with Crippen molar-refractivity contribution in [2.75, 3.05) is 37.7 Å². The minimum Gasteiger partial charge on any atom is -0.391 e. The van der Waals surface area contributed by atoms with E-state index in [2.05, 4.69) is 15.3 Å². The van der Waals surface area contributed by atoms with Gasteiger partial charge in [0.1, 0.15) is 18.2 Å². The number of pyridine rings is 1. The second-order valence-corrected chi connectivity index (χ2v) is 7.54. The van der Waals surface area contributed by atoms with E-state index in [0.29, 0.717) is 42.8 Å². The molecular weight excluding hydrogens is 400 g/mol. The number of amides is 2. The first-order valence-corrected chi connectivity index (χ1v) is 10.3. The lowest BCUT2D eigenvalue weighted by Gasteiger charge is -2.32. The van der Waals surface area contributed by atoms with Gasteiger partial charge >= 0.3 is 0 Å². The number of nitrogens with zero attached hydrogens (tertiary/aromatic N) is 6. The molecule has 2 fully saturated rings. The second kappa shape index (κ2) is 8.31. The van der Waals surface area contributed by atoms with Crippen LogP contribution in [-0.4, -0.2) is 75.8 Å². The Kier molecular flexibility index (Phi) is 5.21. The lowest BCUT2D eigenvalue weighted by atomic mass is 10.1. The first-order chi connectivity index (χ1) is 15.2. The Labute approximate surface area is 178 Å². The van der Waals surface area contributed by atoms with Gasteiger partial charge in [0, 0.05) is 37.0 Å². The molecular formula is C21H22N6O4. The Bertz CT molecular complexity index is 1100. The molecule has 10 heteroatoms. The summed E-state index contributed by atoms with van der Waals surface area (Å²) in [4.78, 5) is 39.6. The second-order valence-electron chi connectivity index (χ2n) is 7.54. The highest BCUT2D eigenvalue weighted by Gasteiger charge is 2.27. The maximum absolute atomic E-state index is 13.0. The van der Waals surface area contributed by atoms with Crippen LogP contribution in [0.15, 0.2) is 42.6 Å². The van der Waals surface area contributed by atoms with E-state index in [1.807, 2.05) is 12.1 Å². The standard InChI is InChI=1S/C21H22N6O4/c28-19-4-2-10-26(19)16-7-5-15(6-8-16)21(29)25-11-12-30-17(13-25)14-31-27-20-18(23-24-27)3-1-9-22-20/h1,3,5-9,17H,2,4,10-14H2. The SMILES string of the molecule is O=C(c1ccc(N2CCCC2=O)cc1)N1CCOC(COn2nnc3cccnc32)C1. The van der Waals surface area contributed by atoms with E-state index in [9.17, 15) is 9.59 Å². The third-order valence-electron chi connectivity index (χ3n) is 5.49. The number of carbonyl (C=O) groups excluding carboxylic acids is 2. The van der Waals surface area contributed by atoms with Gasteiger partial charge in [-0.1, -0.05) is 4.85 Å². The minimum absolute atomic E-state index is 0.0690. The van der Waals surface area contributed by atoms with Crippen molar-refractivity contribution in [3.63, 3.8) is 0 Å². The van der Waals surface area contributed by atoms with Gasteiger partial charge in [-0.25, -0.2) is 4.98 Å². The number of anilines is 1. The number of rotatable bonds is 5. The summed E-state index contributed by atoms with van der Waals surface area (Å²) < 4.78 is 5.76. The van der Waals surface area contributed by atoms with Crippen molar-refractivity contribution in [3.8, 4) is 0 Å². The molecule has 4 heterocycles. The number of aromatic nitrogens is 4. The molecule has 5 rings (SSSR count). The van der Waals surface area contributed by atoms with Gasteiger partial charge in [0.25, 0.3) is 5.91 Å². The average Bonchev–Trinajstić information content (AvgIpc) is 3.43. The smallest absolute Gasteiger partial charge is 0.254 e. The molecule has 0 radical (unpaired) electrons. The van der Waals surface area contributed by atoms with Crippen molar-refractivity contribution in [2.24, 2.45) is 0 Å². The van der Waals surface area contributed by atoms with E-state index in [-0.39, 0.29) is 24.5 Å². The highest BCUT2D eigenvalue weighted by molar-refractivity contribution is 5.97. The Morgan fingerprint density at radius 1 is 1.19 bits per heavy atom. The fourth-order valence-electron chi connectivity index (χ4n) is 3.88. The van der Waals surface area contributed by atoms with Crippen LogP contribution in [0.25, 0.3) is 11.2 Å². The lowest BCUT2D eigenvalue weighted by molar-refractivity contribution is -0.117. The summed E-state index contributed by atoms with van der Waals surface area (Å²) in [5.74, 6) is 0.0610. The largest absolute Gasteiger partial charge is 0.391 e. The van der Waals surface area contributed by atoms with E-state index in [1.165, 1.54) is 4.85 Å². The van der Waals surface area contributed by atoms with Crippen LogP contribution in [0, 0.1) is 0 Å². The quantitative estimate of drug-likeness (QED) is 0.602. The molecule has 160 valence electrons. The number of hydrogen-bond acceptors (Lipinski definition) is 7. The fourth-order valence-corrected chi connectivity index (χ4v) is 3.88. The monoisotopic (exact) mass is 422 g/mol. The molecule has 3 aromatic rings. The van der Waals surface area contributed by atoms with E-state index < -0.39 is 0 Å². The predicted octanol–water partition coefficient (Wildman–Crippen LogP) is 0.923. The number of carbonyl (C=O) groups is 2. The fraction of sp³-hybridized carbons (Fsp3) is 0.381. The van der Waals surface area contributed by atoms with E-state index in [1.54, 1.807) is 40.3 Å². The van der Waals surface area contributed by atoms with Crippen LogP contribution in [0.4, 0.5) is 5.69 Å². The molecule has 0 spiro atoms. The molecule has 2 aromatic heterocycles. The van der Waals surface area contributed by atoms with Crippen molar-refractivity contribution in [1.29, 1.82) is 0 Å². The van der Waals surface area contributed by atoms with Crippen LogP contribution in [0.2, 0.25) is 0 Å². The molecule has 0 aliphatic carbocycles. The molecule has 31 heavy (non-hydrogen) atoms. The summed E-state index contributed by atoms with van der Waals surface area (Å²) in [6.07, 6.45) is 2.81. The molecule has 1 aromatic carbocycles. The topological polar surface area (TPSA) is 103 Å². The van der Waals surface area contributed by atoms with E-state index in [0.717, 1.165) is 18.7 Å². The summed E-state index contributed by atoms with van der Waals surface area (Å²) in [6, 6.07) is 10.8. The highest BCUT2D eigenvalue weighted by Crippen LogP contribution is 2.22. The van der Waals surface area contributed by atoms with Crippen molar-refractivity contribution in [3.05, 3.63) is 48.2 Å². The molecule has 2 amide bonds. The minimum atomic E-state index is -0.290. The summed E-state index contributed by atoms with van der Waals surface area (Å²) in [5.41, 5.74) is 2.59. The van der Waals surface area contributed by atoms with Gasteiger partial charge in [0.05, 0.1) is 13.2 Å². The van der Waals surface area contributed by atoms with Gasteiger partial charge in [0.2, 0.25) is 11.6 Å². The van der Waals surface area contributed by atoms with E-state index in [4.69, 9.17) is 9.57 Å². The van der Waals surface area contributed by atoms with Crippen LogP contribution in [0.3, 0.4) is 0 Å². The molecule has 2 aliphatic rings. The molecule has 1 unspecified atom stereocenters. The first kappa shape index (κ1) is 19.4.